The largest absolute Gasteiger partial charge is 0.489 e. The van der Waals surface area contributed by atoms with Gasteiger partial charge in [0.1, 0.15) is 12.4 Å². The number of benzene rings is 2. The van der Waals surface area contributed by atoms with Crippen LogP contribution in [0.15, 0.2) is 48.5 Å². The van der Waals surface area contributed by atoms with Crippen LogP contribution in [0.5, 0.6) is 5.75 Å². The third-order valence-electron chi connectivity index (χ3n) is 2.82. The molecule has 4 heteroatoms. The zero-order valence-electron chi connectivity index (χ0n) is 10.7. The fourth-order valence-electron chi connectivity index (χ4n) is 1.85. The molecule has 2 aromatic rings. The van der Waals surface area contributed by atoms with E-state index in [0.717, 1.165) is 11.1 Å². The van der Waals surface area contributed by atoms with Crippen molar-refractivity contribution in [3.05, 3.63) is 65.2 Å². The third kappa shape index (κ3) is 3.59. The summed E-state index contributed by atoms with van der Waals surface area (Å²) in [6.07, 6.45) is -0.0300. The van der Waals surface area contributed by atoms with E-state index >= 15 is 0 Å². The number of carbonyl (C=O) groups is 1. The lowest BCUT2D eigenvalue weighted by Gasteiger charge is -2.10. The van der Waals surface area contributed by atoms with Gasteiger partial charge in [-0.3, -0.25) is 4.79 Å². The molecule has 2 aromatic carbocycles. The summed E-state index contributed by atoms with van der Waals surface area (Å²) in [4.78, 5) is 10.8. The summed E-state index contributed by atoms with van der Waals surface area (Å²) < 4.78 is 5.61. The second-order valence-corrected chi connectivity index (χ2v) is 4.27. The molecule has 0 bridgehead atoms. The highest BCUT2D eigenvalue weighted by atomic mass is 16.5. The van der Waals surface area contributed by atoms with E-state index in [1.807, 2.05) is 18.2 Å². The lowest BCUT2D eigenvalue weighted by atomic mass is 10.1. The van der Waals surface area contributed by atoms with Crippen molar-refractivity contribution in [2.75, 3.05) is 0 Å². The molecule has 0 spiro atoms. The summed E-state index contributed by atoms with van der Waals surface area (Å²) in [5.74, 6) is -0.280. The van der Waals surface area contributed by atoms with E-state index in [4.69, 9.17) is 15.1 Å². The van der Waals surface area contributed by atoms with Gasteiger partial charge in [-0.05, 0) is 29.3 Å². The minimum Gasteiger partial charge on any atom is -0.489 e. The van der Waals surface area contributed by atoms with Gasteiger partial charge in [-0.1, -0.05) is 30.3 Å². The molecule has 0 amide bonds. The molecule has 20 heavy (non-hydrogen) atoms. The zero-order chi connectivity index (χ0) is 14.4. The number of nitriles is 1. The van der Waals surface area contributed by atoms with Crippen molar-refractivity contribution < 1.29 is 14.6 Å². The van der Waals surface area contributed by atoms with Crippen LogP contribution in [0.1, 0.15) is 16.7 Å². The lowest BCUT2D eigenvalue weighted by Crippen LogP contribution is -2.05. The monoisotopic (exact) mass is 267 g/mol. The van der Waals surface area contributed by atoms with Crippen LogP contribution in [0, 0.1) is 11.3 Å². The molecule has 4 nitrogen and oxygen atoms in total. The zero-order valence-corrected chi connectivity index (χ0v) is 10.7. The molecule has 0 aliphatic rings. The minimum atomic E-state index is -0.871. The van der Waals surface area contributed by atoms with Crippen LogP contribution in [0.3, 0.4) is 0 Å². The van der Waals surface area contributed by atoms with Crippen molar-refractivity contribution in [1.29, 1.82) is 5.26 Å². The normalized spacial score (nSPS) is 9.75. The molecule has 0 saturated heterocycles. The first-order valence-corrected chi connectivity index (χ1v) is 6.10. The molecular formula is C16H13NO3. The first-order chi connectivity index (χ1) is 9.69. The van der Waals surface area contributed by atoms with Crippen molar-refractivity contribution >= 4 is 5.97 Å². The van der Waals surface area contributed by atoms with Crippen molar-refractivity contribution in [1.82, 2.24) is 0 Å². The topological polar surface area (TPSA) is 70.3 Å². The predicted molar refractivity (Wildman–Crippen MR) is 73.3 cm³/mol. The number of carboxylic acid groups (broad SMARTS) is 1. The Balaban J connectivity index is 2.10. The van der Waals surface area contributed by atoms with Gasteiger partial charge in [0, 0.05) is 0 Å². The predicted octanol–water partition coefficient (Wildman–Crippen LogP) is 2.76. The summed E-state index contributed by atoms with van der Waals surface area (Å²) in [7, 11) is 0. The summed E-state index contributed by atoms with van der Waals surface area (Å²) in [5.41, 5.74) is 2.09. The first-order valence-electron chi connectivity index (χ1n) is 6.10. The van der Waals surface area contributed by atoms with Gasteiger partial charge in [0.25, 0.3) is 0 Å². The molecular weight excluding hydrogens is 254 g/mol. The summed E-state index contributed by atoms with van der Waals surface area (Å²) >= 11 is 0. The Morgan fingerprint density at radius 1 is 1.15 bits per heavy atom. The van der Waals surface area contributed by atoms with Crippen LogP contribution in [0.4, 0.5) is 0 Å². The quantitative estimate of drug-likeness (QED) is 0.904. The average molecular weight is 267 g/mol. The lowest BCUT2D eigenvalue weighted by molar-refractivity contribution is -0.136. The first kappa shape index (κ1) is 13.6. The van der Waals surface area contributed by atoms with Crippen molar-refractivity contribution in [3.8, 4) is 11.8 Å². The summed E-state index contributed by atoms with van der Waals surface area (Å²) in [5, 5.41) is 17.7. The fraction of sp³-hybridized carbons (Fsp3) is 0.125. The molecule has 0 saturated carbocycles. The number of ether oxygens (including phenoxy) is 1. The Morgan fingerprint density at radius 2 is 1.90 bits per heavy atom. The molecule has 0 radical (unpaired) electrons. The van der Waals surface area contributed by atoms with Gasteiger partial charge in [0.2, 0.25) is 0 Å². The molecule has 0 unspecified atom stereocenters. The highest BCUT2D eigenvalue weighted by molar-refractivity contribution is 5.70. The Labute approximate surface area is 116 Å². The van der Waals surface area contributed by atoms with Crippen LogP contribution < -0.4 is 4.74 Å². The van der Waals surface area contributed by atoms with Gasteiger partial charge in [-0.2, -0.15) is 5.26 Å². The van der Waals surface area contributed by atoms with E-state index in [0.29, 0.717) is 11.3 Å². The maximum absolute atomic E-state index is 10.8. The van der Waals surface area contributed by atoms with Crippen molar-refractivity contribution in [3.63, 3.8) is 0 Å². The SMILES string of the molecule is N#Cc1cccc(OCc2ccccc2CC(=O)O)c1. The average Bonchev–Trinajstić information content (AvgIpc) is 2.46. The minimum absolute atomic E-state index is 0.0300. The van der Waals surface area contributed by atoms with Gasteiger partial charge < -0.3 is 9.84 Å². The molecule has 0 heterocycles. The molecule has 2 rings (SSSR count). The van der Waals surface area contributed by atoms with Crippen molar-refractivity contribution in [2.45, 2.75) is 13.0 Å². The van der Waals surface area contributed by atoms with Gasteiger partial charge >= 0.3 is 5.97 Å². The Morgan fingerprint density at radius 3 is 2.60 bits per heavy atom. The number of hydrogen-bond acceptors (Lipinski definition) is 3. The molecule has 0 fully saturated rings. The van der Waals surface area contributed by atoms with Gasteiger partial charge in [-0.25, -0.2) is 0 Å². The number of aliphatic carboxylic acids is 1. The van der Waals surface area contributed by atoms with E-state index in [9.17, 15) is 4.79 Å². The van der Waals surface area contributed by atoms with Crippen LogP contribution in [0.2, 0.25) is 0 Å². The van der Waals surface area contributed by atoms with Crippen LogP contribution in [-0.2, 0) is 17.8 Å². The van der Waals surface area contributed by atoms with E-state index in [1.54, 1.807) is 36.4 Å². The smallest absolute Gasteiger partial charge is 0.307 e. The van der Waals surface area contributed by atoms with Crippen LogP contribution >= 0.6 is 0 Å². The molecule has 0 aliphatic heterocycles. The second-order valence-electron chi connectivity index (χ2n) is 4.27. The van der Waals surface area contributed by atoms with E-state index < -0.39 is 5.97 Å². The number of hydrogen-bond donors (Lipinski definition) is 1. The Bertz CT molecular complexity index is 659. The second kappa shape index (κ2) is 6.39. The van der Waals surface area contributed by atoms with Gasteiger partial charge in [-0.15, -0.1) is 0 Å². The van der Waals surface area contributed by atoms with Gasteiger partial charge in [0.15, 0.2) is 0 Å². The van der Waals surface area contributed by atoms with Crippen LogP contribution in [-0.4, -0.2) is 11.1 Å². The van der Waals surface area contributed by atoms with Gasteiger partial charge in [0.05, 0.1) is 18.1 Å². The highest BCUT2D eigenvalue weighted by Gasteiger charge is 2.07. The number of carboxylic acids is 1. The fourth-order valence-corrected chi connectivity index (χ4v) is 1.85. The maximum atomic E-state index is 10.8. The van der Waals surface area contributed by atoms with E-state index in [1.165, 1.54) is 0 Å². The summed E-state index contributed by atoms with van der Waals surface area (Å²) in [6, 6.07) is 16.2. The summed E-state index contributed by atoms with van der Waals surface area (Å²) in [6.45, 7) is 0.276. The van der Waals surface area contributed by atoms with Crippen LogP contribution in [0.25, 0.3) is 0 Å². The third-order valence-corrected chi connectivity index (χ3v) is 2.82. The Hall–Kier alpha value is -2.80. The maximum Gasteiger partial charge on any atom is 0.307 e. The highest BCUT2D eigenvalue weighted by Crippen LogP contribution is 2.17. The standard InChI is InChI=1S/C16H13NO3/c17-10-12-4-3-7-15(8-12)20-11-14-6-2-1-5-13(14)9-16(18)19/h1-8H,9,11H2,(H,18,19). The Kier molecular flexibility index (Phi) is 4.35. The molecule has 0 aromatic heterocycles. The number of nitrogens with zero attached hydrogens (tertiary/aromatic N) is 1. The molecule has 100 valence electrons. The molecule has 0 aliphatic carbocycles. The number of rotatable bonds is 5. The molecule has 1 N–H and O–H groups in total. The van der Waals surface area contributed by atoms with E-state index in [2.05, 4.69) is 0 Å². The van der Waals surface area contributed by atoms with E-state index in [-0.39, 0.29) is 13.0 Å². The van der Waals surface area contributed by atoms with Crippen molar-refractivity contribution in [2.24, 2.45) is 0 Å². The molecule has 0 atom stereocenters.